The van der Waals surface area contributed by atoms with E-state index in [4.69, 9.17) is 5.26 Å². The Hall–Kier alpha value is -0.840. The number of hydrogen-bond donors (Lipinski definition) is 0. The number of hydrogen-bond acceptors (Lipinski definition) is 2. The Balaban J connectivity index is 3.56. The van der Waals surface area contributed by atoms with E-state index in [-0.39, 0.29) is 5.41 Å². The second-order valence-electron chi connectivity index (χ2n) is 5.30. The summed E-state index contributed by atoms with van der Waals surface area (Å²) >= 11 is 0. The predicted octanol–water partition coefficient (Wildman–Crippen LogP) is 4.64. The fraction of sp³-hybridized carbons (Fsp3) is 0.867. The third-order valence-electron chi connectivity index (χ3n) is 3.44. The van der Waals surface area contributed by atoms with Crippen molar-refractivity contribution in [2.24, 2.45) is 5.41 Å². The minimum Gasteiger partial charge on any atom is -0.303 e. The van der Waals surface area contributed by atoms with Crippen LogP contribution in [0.2, 0.25) is 0 Å². The SMILES string of the molecule is CCCCCCCCCC(C)(C=O)CCC#N. The zero-order chi connectivity index (χ0) is 13.0. The summed E-state index contributed by atoms with van der Waals surface area (Å²) in [6.45, 7) is 4.21. The van der Waals surface area contributed by atoms with Gasteiger partial charge in [0, 0.05) is 11.8 Å². The van der Waals surface area contributed by atoms with Crippen molar-refractivity contribution in [1.29, 1.82) is 5.26 Å². The minimum absolute atomic E-state index is 0.265. The molecule has 0 aromatic rings. The average molecular weight is 237 g/mol. The quantitative estimate of drug-likeness (QED) is 0.388. The number of aldehydes is 1. The Morgan fingerprint density at radius 1 is 1.06 bits per heavy atom. The molecule has 0 rings (SSSR count). The topological polar surface area (TPSA) is 40.9 Å². The van der Waals surface area contributed by atoms with E-state index in [0.717, 1.165) is 19.1 Å². The molecule has 1 atom stereocenters. The summed E-state index contributed by atoms with van der Waals surface area (Å²) in [4.78, 5) is 11.0. The van der Waals surface area contributed by atoms with Gasteiger partial charge in [0.25, 0.3) is 0 Å². The molecule has 2 heteroatoms. The molecule has 17 heavy (non-hydrogen) atoms. The van der Waals surface area contributed by atoms with Gasteiger partial charge < -0.3 is 4.79 Å². The van der Waals surface area contributed by atoms with E-state index in [1.165, 1.54) is 38.5 Å². The summed E-state index contributed by atoms with van der Waals surface area (Å²) < 4.78 is 0. The van der Waals surface area contributed by atoms with Gasteiger partial charge in [0.15, 0.2) is 0 Å². The second kappa shape index (κ2) is 10.3. The van der Waals surface area contributed by atoms with Crippen molar-refractivity contribution >= 4 is 6.29 Å². The molecular formula is C15H27NO. The van der Waals surface area contributed by atoms with Crippen LogP contribution < -0.4 is 0 Å². The van der Waals surface area contributed by atoms with E-state index in [0.29, 0.717) is 12.8 Å². The van der Waals surface area contributed by atoms with Crippen LogP contribution in [0.25, 0.3) is 0 Å². The van der Waals surface area contributed by atoms with Gasteiger partial charge in [0.1, 0.15) is 6.29 Å². The molecule has 2 nitrogen and oxygen atoms in total. The first-order chi connectivity index (χ1) is 8.18. The number of rotatable bonds is 11. The Morgan fingerprint density at radius 3 is 2.18 bits per heavy atom. The molecule has 0 aromatic heterocycles. The summed E-state index contributed by atoms with van der Waals surface area (Å²) in [6, 6.07) is 2.12. The lowest BCUT2D eigenvalue weighted by Crippen LogP contribution is -2.17. The Morgan fingerprint density at radius 2 is 1.65 bits per heavy atom. The van der Waals surface area contributed by atoms with Crippen LogP contribution in [0, 0.1) is 16.7 Å². The summed E-state index contributed by atoms with van der Waals surface area (Å²) in [5, 5.41) is 8.55. The molecule has 0 saturated heterocycles. The lowest BCUT2D eigenvalue weighted by atomic mass is 9.82. The van der Waals surface area contributed by atoms with E-state index in [1.54, 1.807) is 0 Å². The number of carbonyl (C=O) groups excluding carboxylic acids is 1. The molecule has 0 heterocycles. The maximum atomic E-state index is 11.0. The van der Waals surface area contributed by atoms with E-state index in [1.807, 2.05) is 6.92 Å². The average Bonchev–Trinajstić information content (AvgIpc) is 2.35. The van der Waals surface area contributed by atoms with Crippen LogP contribution in [-0.4, -0.2) is 6.29 Å². The van der Waals surface area contributed by atoms with E-state index < -0.39 is 0 Å². The number of unbranched alkanes of at least 4 members (excludes halogenated alkanes) is 6. The lowest BCUT2D eigenvalue weighted by molar-refractivity contribution is -0.116. The molecule has 0 saturated carbocycles. The van der Waals surface area contributed by atoms with Gasteiger partial charge in [0.2, 0.25) is 0 Å². The molecule has 1 unspecified atom stereocenters. The van der Waals surface area contributed by atoms with Crippen LogP contribution in [0.5, 0.6) is 0 Å². The Kier molecular flexibility index (Phi) is 9.81. The first-order valence-corrected chi connectivity index (χ1v) is 7.02. The summed E-state index contributed by atoms with van der Waals surface area (Å²) in [7, 11) is 0. The van der Waals surface area contributed by atoms with Gasteiger partial charge in [-0.2, -0.15) is 5.26 Å². The highest BCUT2D eigenvalue weighted by Gasteiger charge is 2.22. The molecule has 0 spiro atoms. The van der Waals surface area contributed by atoms with Gasteiger partial charge in [0.05, 0.1) is 6.07 Å². The van der Waals surface area contributed by atoms with Crippen LogP contribution in [0.4, 0.5) is 0 Å². The highest BCUT2D eigenvalue weighted by Crippen LogP contribution is 2.27. The molecule has 0 aliphatic carbocycles. The second-order valence-corrected chi connectivity index (χ2v) is 5.30. The molecule has 0 amide bonds. The van der Waals surface area contributed by atoms with Crippen molar-refractivity contribution in [2.75, 3.05) is 0 Å². The monoisotopic (exact) mass is 237 g/mol. The third kappa shape index (κ3) is 8.92. The molecule has 0 N–H and O–H groups in total. The predicted molar refractivity (Wildman–Crippen MR) is 71.6 cm³/mol. The zero-order valence-corrected chi connectivity index (χ0v) is 11.5. The summed E-state index contributed by atoms with van der Waals surface area (Å²) in [5.41, 5.74) is -0.265. The Bertz CT molecular complexity index is 232. The van der Waals surface area contributed by atoms with Crippen molar-refractivity contribution in [3.63, 3.8) is 0 Å². The van der Waals surface area contributed by atoms with Crippen molar-refractivity contribution in [3.05, 3.63) is 0 Å². The van der Waals surface area contributed by atoms with Gasteiger partial charge in [-0.05, 0) is 12.8 Å². The Labute approximate surface area is 106 Å². The smallest absolute Gasteiger partial charge is 0.125 e. The molecular weight excluding hydrogens is 210 g/mol. The molecule has 0 bridgehead atoms. The first-order valence-electron chi connectivity index (χ1n) is 7.02. The van der Waals surface area contributed by atoms with Crippen molar-refractivity contribution < 1.29 is 4.79 Å². The molecule has 0 aliphatic heterocycles. The maximum Gasteiger partial charge on any atom is 0.125 e. The molecule has 0 fully saturated rings. The van der Waals surface area contributed by atoms with E-state index in [9.17, 15) is 4.79 Å². The van der Waals surface area contributed by atoms with Crippen LogP contribution in [-0.2, 0) is 4.79 Å². The van der Waals surface area contributed by atoms with Crippen LogP contribution in [0.1, 0.15) is 78.1 Å². The third-order valence-corrected chi connectivity index (χ3v) is 3.44. The van der Waals surface area contributed by atoms with Crippen LogP contribution in [0.15, 0.2) is 0 Å². The summed E-state index contributed by atoms with van der Waals surface area (Å²) in [6.07, 6.45) is 12.1. The highest BCUT2D eigenvalue weighted by molar-refractivity contribution is 5.58. The van der Waals surface area contributed by atoms with Gasteiger partial charge in [-0.3, -0.25) is 0 Å². The van der Waals surface area contributed by atoms with E-state index >= 15 is 0 Å². The first kappa shape index (κ1) is 16.2. The standard InChI is InChI=1S/C15H27NO/c1-3-4-5-6-7-8-9-11-15(2,14-17)12-10-13-16/h14H,3-12H2,1-2H3. The van der Waals surface area contributed by atoms with Crippen LogP contribution >= 0.6 is 0 Å². The fourth-order valence-corrected chi connectivity index (χ4v) is 2.07. The molecule has 0 radical (unpaired) electrons. The fourth-order valence-electron chi connectivity index (χ4n) is 2.07. The molecule has 0 aliphatic rings. The highest BCUT2D eigenvalue weighted by atomic mass is 16.1. The van der Waals surface area contributed by atoms with Crippen molar-refractivity contribution in [1.82, 2.24) is 0 Å². The number of carbonyl (C=O) groups is 1. The lowest BCUT2D eigenvalue weighted by Gasteiger charge is -2.21. The zero-order valence-electron chi connectivity index (χ0n) is 11.5. The minimum atomic E-state index is -0.265. The van der Waals surface area contributed by atoms with Crippen LogP contribution in [0.3, 0.4) is 0 Å². The summed E-state index contributed by atoms with van der Waals surface area (Å²) in [5.74, 6) is 0. The molecule has 98 valence electrons. The normalized spacial score (nSPS) is 13.9. The number of nitrogens with zero attached hydrogens (tertiary/aromatic N) is 1. The maximum absolute atomic E-state index is 11.0. The van der Waals surface area contributed by atoms with E-state index in [2.05, 4.69) is 13.0 Å². The van der Waals surface area contributed by atoms with Gasteiger partial charge >= 0.3 is 0 Å². The van der Waals surface area contributed by atoms with Gasteiger partial charge in [-0.15, -0.1) is 0 Å². The van der Waals surface area contributed by atoms with Crippen molar-refractivity contribution in [3.8, 4) is 6.07 Å². The van der Waals surface area contributed by atoms with Gasteiger partial charge in [-0.25, -0.2) is 0 Å². The largest absolute Gasteiger partial charge is 0.303 e. The van der Waals surface area contributed by atoms with Gasteiger partial charge in [-0.1, -0.05) is 58.8 Å². The van der Waals surface area contributed by atoms with Crippen molar-refractivity contribution in [2.45, 2.75) is 78.1 Å². The molecule has 0 aromatic carbocycles. The number of nitriles is 1.